The lowest BCUT2D eigenvalue weighted by Crippen LogP contribution is -2.49. The number of nitrogens with zero attached hydrogens (tertiary/aromatic N) is 2. The standard InChI is InChI=1S/C25H32ClN3O3/c1-17-4-3-5-24(32-18(2)30)25(17)29-15-22(23(31)16-29)27-21-10-12-28(13-11-21)14-19-6-8-20(26)9-7-19/h3-9,21-23,27,31H,10-16H2,1-2H3/t22-,23-/m0/s1. The zero-order valence-electron chi connectivity index (χ0n) is 18.8. The number of ether oxygens (including phenoxy) is 1. The number of likely N-dealkylation sites (tertiary alicyclic amines) is 1. The number of rotatable bonds is 6. The summed E-state index contributed by atoms with van der Waals surface area (Å²) in [6, 6.07) is 14.2. The number of β-amino-alcohol motifs (C(OH)–C–C–N with tert-alkyl or cyclic N) is 1. The third-order valence-corrected chi connectivity index (χ3v) is 6.67. The van der Waals surface area contributed by atoms with E-state index in [4.69, 9.17) is 16.3 Å². The third-order valence-electron chi connectivity index (χ3n) is 6.42. The van der Waals surface area contributed by atoms with Gasteiger partial charge in [-0.2, -0.15) is 0 Å². The molecule has 2 aliphatic heterocycles. The van der Waals surface area contributed by atoms with Crippen LogP contribution in [-0.4, -0.2) is 60.3 Å². The molecule has 0 unspecified atom stereocenters. The molecule has 2 saturated heterocycles. The summed E-state index contributed by atoms with van der Waals surface area (Å²) >= 11 is 5.99. The Labute approximate surface area is 195 Å². The van der Waals surface area contributed by atoms with E-state index < -0.39 is 6.10 Å². The first-order valence-electron chi connectivity index (χ1n) is 11.3. The molecular formula is C25H32ClN3O3. The Hall–Kier alpha value is -2.12. The van der Waals surface area contributed by atoms with Crippen molar-refractivity contribution in [2.45, 2.75) is 51.4 Å². The number of aliphatic hydroxyl groups is 1. The highest BCUT2D eigenvalue weighted by atomic mass is 35.5. The fourth-order valence-electron chi connectivity index (χ4n) is 4.82. The Kier molecular flexibility index (Phi) is 7.36. The summed E-state index contributed by atoms with van der Waals surface area (Å²) in [5.74, 6) is 0.220. The maximum Gasteiger partial charge on any atom is 0.308 e. The molecule has 4 rings (SSSR count). The van der Waals surface area contributed by atoms with Crippen molar-refractivity contribution in [3.63, 3.8) is 0 Å². The van der Waals surface area contributed by atoms with Crippen molar-refractivity contribution in [3.8, 4) is 5.75 Å². The molecule has 32 heavy (non-hydrogen) atoms. The van der Waals surface area contributed by atoms with Gasteiger partial charge in [0.05, 0.1) is 17.8 Å². The number of anilines is 1. The number of hydrogen-bond acceptors (Lipinski definition) is 6. The number of esters is 1. The van der Waals surface area contributed by atoms with Crippen molar-refractivity contribution >= 4 is 23.3 Å². The second-order valence-electron chi connectivity index (χ2n) is 8.94. The lowest BCUT2D eigenvalue weighted by molar-refractivity contribution is -0.131. The van der Waals surface area contributed by atoms with E-state index in [0.717, 1.165) is 48.7 Å². The number of carbonyl (C=O) groups is 1. The van der Waals surface area contributed by atoms with Gasteiger partial charge in [0.2, 0.25) is 0 Å². The molecular weight excluding hydrogens is 426 g/mol. The lowest BCUT2D eigenvalue weighted by Gasteiger charge is -2.34. The minimum Gasteiger partial charge on any atom is -0.424 e. The van der Waals surface area contributed by atoms with E-state index in [9.17, 15) is 9.90 Å². The maximum atomic E-state index is 11.5. The summed E-state index contributed by atoms with van der Waals surface area (Å²) in [6.45, 7) is 7.62. The molecule has 0 aromatic heterocycles. The van der Waals surface area contributed by atoms with Crippen molar-refractivity contribution in [1.29, 1.82) is 0 Å². The van der Waals surface area contributed by atoms with Crippen molar-refractivity contribution in [1.82, 2.24) is 10.2 Å². The van der Waals surface area contributed by atoms with Crippen LogP contribution in [0.25, 0.3) is 0 Å². The van der Waals surface area contributed by atoms with Crippen molar-refractivity contribution in [2.24, 2.45) is 0 Å². The Balaban J connectivity index is 1.32. The largest absolute Gasteiger partial charge is 0.424 e. The first kappa shape index (κ1) is 23.1. The molecule has 0 saturated carbocycles. The number of halogens is 1. The highest BCUT2D eigenvalue weighted by molar-refractivity contribution is 6.30. The predicted octanol–water partition coefficient (Wildman–Crippen LogP) is 3.38. The molecule has 2 heterocycles. The van der Waals surface area contributed by atoms with Gasteiger partial charge in [-0.15, -0.1) is 0 Å². The first-order valence-corrected chi connectivity index (χ1v) is 11.7. The Morgan fingerprint density at radius 1 is 1.16 bits per heavy atom. The molecule has 0 amide bonds. The molecule has 2 atom stereocenters. The van der Waals surface area contributed by atoms with Gasteiger partial charge in [0.15, 0.2) is 5.75 Å². The van der Waals surface area contributed by atoms with Crippen LogP contribution in [0, 0.1) is 6.92 Å². The molecule has 0 spiro atoms. The average Bonchev–Trinajstić information content (AvgIpc) is 3.10. The van der Waals surface area contributed by atoms with Crippen LogP contribution in [-0.2, 0) is 11.3 Å². The SMILES string of the molecule is CC(=O)Oc1cccc(C)c1N1C[C@H](NC2CCN(Cc3ccc(Cl)cc3)CC2)[C@@H](O)C1. The van der Waals surface area contributed by atoms with Crippen LogP contribution in [0.1, 0.15) is 30.9 Å². The zero-order chi connectivity index (χ0) is 22.7. The molecule has 0 aliphatic carbocycles. The van der Waals surface area contributed by atoms with Gasteiger partial charge in [0.25, 0.3) is 0 Å². The van der Waals surface area contributed by atoms with E-state index in [-0.39, 0.29) is 12.0 Å². The lowest BCUT2D eigenvalue weighted by atomic mass is 10.0. The van der Waals surface area contributed by atoms with Crippen LogP contribution < -0.4 is 15.0 Å². The Bertz CT molecular complexity index is 929. The fraction of sp³-hybridized carbons (Fsp3) is 0.480. The van der Waals surface area contributed by atoms with E-state index in [0.29, 0.717) is 24.9 Å². The molecule has 0 radical (unpaired) electrons. The van der Waals surface area contributed by atoms with Crippen molar-refractivity contribution in [2.75, 3.05) is 31.1 Å². The monoisotopic (exact) mass is 457 g/mol. The van der Waals surface area contributed by atoms with Gasteiger partial charge in [-0.1, -0.05) is 35.9 Å². The molecule has 2 fully saturated rings. The van der Waals surface area contributed by atoms with Crippen LogP contribution in [0.15, 0.2) is 42.5 Å². The molecule has 2 aromatic carbocycles. The van der Waals surface area contributed by atoms with Gasteiger partial charge in [-0.05, 0) is 62.2 Å². The number of aliphatic hydroxyl groups excluding tert-OH is 1. The smallest absolute Gasteiger partial charge is 0.308 e. The Morgan fingerprint density at radius 2 is 1.88 bits per heavy atom. The predicted molar refractivity (Wildman–Crippen MR) is 127 cm³/mol. The van der Waals surface area contributed by atoms with E-state index in [2.05, 4.69) is 27.2 Å². The second-order valence-corrected chi connectivity index (χ2v) is 9.37. The summed E-state index contributed by atoms with van der Waals surface area (Å²) in [5, 5.41) is 15.2. The topological polar surface area (TPSA) is 65.0 Å². The van der Waals surface area contributed by atoms with Crippen LogP contribution in [0.3, 0.4) is 0 Å². The summed E-state index contributed by atoms with van der Waals surface area (Å²) < 4.78 is 5.43. The van der Waals surface area contributed by atoms with Crippen LogP contribution >= 0.6 is 11.6 Å². The quantitative estimate of drug-likeness (QED) is 0.512. The molecule has 2 aliphatic rings. The summed E-state index contributed by atoms with van der Waals surface area (Å²) in [6.07, 6.45) is 1.65. The number of nitrogens with one attached hydrogen (secondary N) is 1. The second kappa shape index (κ2) is 10.2. The number of carbonyl (C=O) groups excluding carboxylic acids is 1. The maximum absolute atomic E-state index is 11.5. The number of para-hydroxylation sites is 1. The molecule has 6 nitrogen and oxygen atoms in total. The zero-order valence-corrected chi connectivity index (χ0v) is 19.5. The Morgan fingerprint density at radius 3 is 2.56 bits per heavy atom. The highest BCUT2D eigenvalue weighted by Crippen LogP contribution is 2.34. The van der Waals surface area contributed by atoms with Crippen LogP contribution in [0.5, 0.6) is 5.75 Å². The van der Waals surface area contributed by atoms with Gasteiger partial charge in [-0.3, -0.25) is 9.69 Å². The van der Waals surface area contributed by atoms with Gasteiger partial charge in [-0.25, -0.2) is 0 Å². The van der Waals surface area contributed by atoms with Gasteiger partial charge >= 0.3 is 5.97 Å². The van der Waals surface area contributed by atoms with E-state index in [1.54, 1.807) is 0 Å². The average molecular weight is 458 g/mol. The van der Waals surface area contributed by atoms with Gasteiger partial charge in [0, 0.05) is 37.6 Å². The minimum absolute atomic E-state index is 0.00685. The number of hydrogen-bond donors (Lipinski definition) is 2. The van der Waals surface area contributed by atoms with Gasteiger partial charge in [0.1, 0.15) is 0 Å². The minimum atomic E-state index is -0.466. The van der Waals surface area contributed by atoms with E-state index in [1.165, 1.54) is 12.5 Å². The van der Waals surface area contributed by atoms with E-state index in [1.807, 2.05) is 37.3 Å². The molecule has 172 valence electrons. The highest BCUT2D eigenvalue weighted by Gasteiger charge is 2.35. The molecule has 2 N–H and O–H groups in total. The van der Waals surface area contributed by atoms with Crippen molar-refractivity contribution in [3.05, 3.63) is 58.6 Å². The first-order chi connectivity index (χ1) is 15.4. The molecule has 7 heteroatoms. The number of benzene rings is 2. The summed E-state index contributed by atoms with van der Waals surface area (Å²) in [7, 11) is 0. The van der Waals surface area contributed by atoms with Crippen LogP contribution in [0.2, 0.25) is 5.02 Å². The number of piperidine rings is 1. The van der Waals surface area contributed by atoms with Crippen molar-refractivity contribution < 1.29 is 14.6 Å². The van der Waals surface area contributed by atoms with Crippen LogP contribution in [0.4, 0.5) is 5.69 Å². The number of aryl methyl sites for hydroxylation is 1. The van der Waals surface area contributed by atoms with E-state index >= 15 is 0 Å². The molecule has 2 aromatic rings. The molecule has 0 bridgehead atoms. The van der Waals surface area contributed by atoms with Gasteiger partial charge < -0.3 is 20.1 Å². The fourth-order valence-corrected chi connectivity index (χ4v) is 4.94. The third kappa shape index (κ3) is 5.62. The normalized spacial score (nSPS) is 22.3. The summed E-state index contributed by atoms with van der Waals surface area (Å²) in [5.41, 5.74) is 3.21. The summed E-state index contributed by atoms with van der Waals surface area (Å²) in [4.78, 5) is 16.1.